The van der Waals surface area contributed by atoms with E-state index in [1.165, 1.54) is 56.9 Å². The molecule has 3 aliphatic heterocycles. The fourth-order valence-electron chi connectivity index (χ4n) is 3.63. The molecule has 0 radical (unpaired) electrons. The van der Waals surface area contributed by atoms with Gasteiger partial charge in [0.15, 0.2) is 0 Å². The maximum absolute atomic E-state index is 9.55. The average Bonchev–Trinajstić information content (AvgIpc) is 3.16. The number of carboxylic acids is 2. The fraction of sp³-hybridized carbons (Fsp3) is 0.684. The van der Waals surface area contributed by atoms with Crippen LogP contribution in [0.5, 0.6) is 5.88 Å². The van der Waals surface area contributed by atoms with Gasteiger partial charge in [-0.15, -0.1) is 4.37 Å². The minimum atomic E-state index is -1.26. The molecular weight excluding hydrogens is 382 g/mol. The molecule has 0 aromatic carbocycles. The van der Waals surface area contributed by atoms with E-state index in [1.807, 2.05) is 0 Å². The second kappa shape index (κ2) is 11.8. The Bertz CT molecular complexity index is 640. The molecule has 4 heterocycles. The van der Waals surface area contributed by atoms with E-state index in [9.17, 15) is 9.59 Å². The van der Waals surface area contributed by atoms with Crippen molar-refractivity contribution in [1.82, 2.24) is 13.6 Å². The van der Waals surface area contributed by atoms with Crippen LogP contribution in [0.2, 0.25) is 0 Å². The van der Waals surface area contributed by atoms with Gasteiger partial charge in [0, 0.05) is 24.6 Å². The van der Waals surface area contributed by atoms with Gasteiger partial charge in [-0.05, 0) is 38.3 Å². The summed E-state index contributed by atoms with van der Waals surface area (Å²) in [5.74, 6) is -0.335. The summed E-state index contributed by atoms with van der Waals surface area (Å²) in [6.07, 6.45) is 8.70. The van der Waals surface area contributed by atoms with Crippen LogP contribution in [-0.4, -0.2) is 62.0 Å². The summed E-state index contributed by atoms with van der Waals surface area (Å²) in [5.41, 5.74) is 1.14. The molecule has 0 spiro atoms. The van der Waals surface area contributed by atoms with Crippen molar-refractivity contribution in [3.8, 4) is 5.88 Å². The summed E-state index contributed by atoms with van der Waals surface area (Å²) >= 11 is 1.31. The van der Waals surface area contributed by atoms with Crippen molar-refractivity contribution in [1.29, 1.82) is 0 Å². The van der Waals surface area contributed by atoms with Gasteiger partial charge in [0.05, 0.1) is 18.3 Å². The van der Waals surface area contributed by atoms with Crippen LogP contribution >= 0.6 is 11.7 Å². The van der Waals surface area contributed by atoms with Gasteiger partial charge in [0.2, 0.25) is 5.88 Å². The number of hydrogen-bond acceptors (Lipinski definition) is 7. The standard InChI is InChI=1S/C15H25N3OS.C4H4O4/c1-2-3-4-5-10-19-15-14(16-20-17-15)13-11-18-8-6-12(13)7-9-18;5-3(6)1-2-4(7)8/h12-13H,2-11H2,1H3;1-2H,(H,5,6)(H,7,8)/b;2-1+. The molecule has 0 aliphatic carbocycles. The lowest BCUT2D eigenvalue weighted by Gasteiger charge is -2.44. The van der Waals surface area contributed by atoms with Crippen LogP contribution in [-0.2, 0) is 9.59 Å². The van der Waals surface area contributed by atoms with Crippen molar-refractivity contribution >= 4 is 23.7 Å². The third kappa shape index (κ3) is 7.20. The number of unbranched alkanes of at least 4 members (excludes halogenated alkanes) is 3. The zero-order chi connectivity index (χ0) is 20.4. The lowest BCUT2D eigenvalue weighted by Crippen LogP contribution is -2.46. The number of ether oxygens (including phenoxy) is 1. The van der Waals surface area contributed by atoms with Crippen LogP contribution in [0.4, 0.5) is 0 Å². The summed E-state index contributed by atoms with van der Waals surface area (Å²) in [6, 6.07) is 0. The molecule has 9 heteroatoms. The summed E-state index contributed by atoms with van der Waals surface area (Å²) < 4.78 is 14.8. The third-order valence-corrected chi connectivity index (χ3v) is 5.62. The zero-order valence-corrected chi connectivity index (χ0v) is 17.1. The van der Waals surface area contributed by atoms with Crippen molar-refractivity contribution in [2.24, 2.45) is 5.92 Å². The molecule has 3 fully saturated rings. The topological polar surface area (TPSA) is 113 Å². The van der Waals surface area contributed by atoms with E-state index in [0.29, 0.717) is 18.1 Å². The normalized spacial score (nSPS) is 23.2. The van der Waals surface area contributed by atoms with Crippen LogP contribution in [0.25, 0.3) is 0 Å². The van der Waals surface area contributed by atoms with Crippen LogP contribution in [0.3, 0.4) is 0 Å². The van der Waals surface area contributed by atoms with E-state index in [1.54, 1.807) is 0 Å². The van der Waals surface area contributed by atoms with E-state index in [-0.39, 0.29) is 0 Å². The molecule has 1 aromatic rings. The maximum Gasteiger partial charge on any atom is 0.328 e. The minimum absolute atomic E-state index is 0.557. The Hall–Kier alpha value is -2.00. The number of aromatic nitrogens is 2. The molecule has 1 unspecified atom stereocenters. The second-order valence-electron chi connectivity index (χ2n) is 7.12. The van der Waals surface area contributed by atoms with Crippen LogP contribution in [0.1, 0.15) is 57.1 Å². The Labute approximate surface area is 169 Å². The fourth-order valence-corrected chi connectivity index (χ4v) is 4.19. The highest BCUT2D eigenvalue weighted by Crippen LogP contribution is 2.41. The molecule has 3 aliphatic rings. The number of piperidine rings is 3. The predicted molar refractivity (Wildman–Crippen MR) is 106 cm³/mol. The van der Waals surface area contributed by atoms with E-state index < -0.39 is 11.9 Å². The first-order valence-electron chi connectivity index (χ1n) is 9.82. The van der Waals surface area contributed by atoms with Crippen LogP contribution in [0, 0.1) is 5.92 Å². The lowest BCUT2D eigenvalue weighted by atomic mass is 9.77. The zero-order valence-electron chi connectivity index (χ0n) is 16.2. The van der Waals surface area contributed by atoms with Gasteiger partial charge in [-0.25, -0.2) is 9.59 Å². The minimum Gasteiger partial charge on any atom is -0.478 e. The number of carboxylic acid groups (broad SMARTS) is 2. The summed E-state index contributed by atoms with van der Waals surface area (Å²) in [4.78, 5) is 21.7. The number of fused-ring (bicyclic) bond motifs is 3. The predicted octanol–water partition coefficient (Wildman–Crippen LogP) is 3.02. The molecule has 2 bridgehead atoms. The highest BCUT2D eigenvalue weighted by atomic mass is 32.1. The number of carbonyl (C=O) groups is 2. The number of aliphatic carboxylic acids is 2. The van der Waals surface area contributed by atoms with Gasteiger partial charge in [-0.1, -0.05) is 26.2 Å². The molecule has 2 N–H and O–H groups in total. The molecule has 0 saturated carbocycles. The highest BCUT2D eigenvalue weighted by molar-refractivity contribution is 6.99. The monoisotopic (exact) mass is 411 g/mol. The molecule has 28 heavy (non-hydrogen) atoms. The van der Waals surface area contributed by atoms with Crippen molar-refractivity contribution in [3.63, 3.8) is 0 Å². The molecule has 1 atom stereocenters. The van der Waals surface area contributed by atoms with Gasteiger partial charge < -0.3 is 19.8 Å². The van der Waals surface area contributed by atoms with Gasteiger partial charge >= 0.3 is 11.9 Å². The second-order valence-corrected chi connectivity index (χ2v) is 7.65. The van der Waals surface area contributed by atoms with Gasteiger partial charge in [0.25, 0.3) is 0 Å². The summed E-state index contributed by atoms with van der Waals surface area (Å²) in [7, 11) is 0. The van der Waals surface area contributed by atoms with Gasteiger partial charge in [-0.2, -0.15) is 4.37 Å². The molecule has 156 valence electrons. The summed E-state index contributed by atoms with van der Waals surface area (Å²) in [5, 5.41) is 15.6. The van der Waals surface area contributed by atoms with Crippen molar-refractivity contribution in [3.05, 3.63) is 17.8 Å². The first kappa shape index (κ1) is 22.3. The molecule has 1 aromatic heterocycles. The number of hydrogen-bond donors (Lipinski definition) is 2. The smallest absolute Gasteiger partial charge is 0.328 e. The van der Waals surface area contributed by atoms with Gasteiger partial charge in [0.1, 0.15) is 5.69 Å². The Kier molecular flexibility index (Phi) is 9.36. The molecule has 3 saturated heterocycles. The molecular formula is C19H29N3O5S. The van der Waals surface area contributed by atoms with Crippen LogP contribution < -0.4 is 4.74 Å². The largest absolute Gasteiger partial charge is 0.478 e. The SMILES string of the molecule is CCCCCCOc1nsnc1C1CN2CCC1CC2.O=C(O)/C=C/C(=O)O. The molecule has 8 nitrogen and oxygen atoms in total. The Balaban J connectivity index is 0.000000300. The number of rotatable bonds is 9. The van der Waals surface area contributed by atoms with E-state index in [2.05, 4.69) is 20.6 Å². The van der Waals surface area contributed by atoms with E-state index in [0.717, 1.165) is 37.1 Å². The Morgan fingerprint density at radius 2 is 1.82 bits per heavy atom. The molecule has 0 amide bonds. The average molecular weight is 412 g/mol. The summed E-state index contributed by atoms with van der Waals surface area (Å²) in [6.45, 7) is 6.72. The van der Waals surface area contributed by atoms with Gasteiger partial charge in [-0.3, -0.25) is 0 Å². The first-order chi connectivity index (χ1) is 13.5. The molecule has 4 rings (SSSR count). The Morgan fingerprint density at radius 3 is 2.36 bits per heavy atom. The van der Waals surface area contributed by atoms with Crippen molar-refractivity contribution < 1.29 is 24.5 Å². The Morgan fingerprint density at radius 1 is 1.14 bits per heavy atom. The third-order valence-electron chi connectivity index (χ3n) is 5.09. The van der Waals surface area contributed by atoms with Crippen molar-refractivity contribution in [2.45, 2.75) is 51.4 Å². The van der Waals surface area contributed by atoms with Crippen LogP contribution in [0.15, 0.2) is 12.2 Å². The maximum atomic E-state index is 9.55. The van der Waals surface area contributed by atoms with Crippen molar-refractivity contribution in [2.75, 3.05) is 26.2 Å². The first-order valence-corrected chi connectivity index (χ1v) is 10.6. The highest BCUT2D eigenvalue weighted by Gasteiger charge is 2.38. The lowest BCUT2D eigenvalue weighted by molar-refractivity contribution is -0.134. The quantitative estimate of drug-likeness (QED) is 0.471. The van der Waals surface area contributed by atoms with E-state index in [4.69, 9.17) is 14.9 Å². The number of nitrogens with zero attached hydrogens (tertiary/aromatic N) is 3. The van der Waals surface area contributed by atoms with E-state index >= 15 is 0 Å².